The lowest BCUT2D eigenvalue weighted by atomic mass is 10.2. The minimum Gasteiger partial charge on any atom is -0.454 e. The third-order valence-corrected chi connectivity index (χ3v) is 6.21. The molecule has 3 aromatic carbocycles. The van der Waals surface area contributed by atoms with Crippen molar-refractivity contribution >= 4 is 62.1 Å². The summed E-state index contributed by atoms with van der Waals surface area (Å²) in [5.74, 6) is 0.793. The van der Waals surface area contributed by atoms with Gasteiger partial charge in [0.25, 0.3) is 5.91 Å². The van der Waals surface area contributed by atoms with Crippen LogP contribution in [0.1, 0.15) is 10.4 Å². The molecule has 1 aromatic heterocycles. The van der Waals surface area contributed by atoms with E-state index in [9.17, 15) is 4.79 Å². The quantitative estimate of drug-likeness (QED) is 0.389. The van der Waals surface area contributed by atoms with E-state index in [-0.39, 0.29) is 17.8 Å². The standard InChI is InChI=1S/C22H14ClN3O3S2/c23-15-7-6-13(10-14(15)21-25-16-3-1-2-4-19(16)31-21)24-22(30)26-20(27)12-5-8-17-18(9-12)29-11-28-17/h1-10H,11H2,(H2,24,26,27,30). The topological polar surface area (TPSA) is 72.5 Å². The second-order valence-electron chi connectivity index (χ2n) is 6.66. The van der Waals surface area contributed by atoms with E-state index >= 15 is 0 Å². The van der Waals surface area contributed by atoms with Crippen molar-refractivity contribution in [1.82, 2.24) is 10.3 Å². The number of nitrogens with one attached hydrogen (secondary N) is 2. The van der Waals surface area contributed by atoms with Crippen LogP contribution < -0.4 is 20.1 Å². The molecule has 1 aliphatic rings. The summed E-state index contributed by atoms with van der Waals surface area (Å²) in [6.45, 7) is 0.147. The largest absolute Gasteiger partial charge is 0.454 e. The van der Waals surface area contributed by atoms with Gasteiger partial charge in [0, 0.05) is 16.8 Å². The molecule has 154 valence electrons. The fourth-order valence-electron chi connectivity index (χ4n) is 3.13. The fourth-order valence-corrected chi connectivity index (χ4v) is 4.60. The lowest BCUT2D eigenvalue weighted by Gasteiger charge is -2.11. The van der Waals surface area contributed by atoms with E-state index in [4.69, 9.17) is 33.3 Å². The Kier molecular flexibility index (Phi) is 5.19. The molecular weight excluding hydrogens is 454 g/mol. The van der Waals surface area contributed by atoms with Crippen molar-refractivity contribution in [2.75, 3.05) is 12.1 Å². The maximum Gasteiger partial charge on any atom is 0.257 e. The number of thiazole rings is 1. The first-order valence-corrected chi connectivity index (χ1v) is 10.8. The number of rotatable bonds is 3. The van der Waals surface area contributed by atoms with Gasteiger partial charge in [-0.2, -0.15) is 0 Å². The van der Waals surface area contributed by atoms with Crippen LogP contribution in [0.4, 0.5) is 5.69 Å². The Morgan fingerprint density at radius 1 is 1.06 bits per heavy atom. The molecule has 0 saturated heterocycles. The SMILES string of the molecule is O=C(NC(=S)Nc1ccc(Cl)c(-c2nc3ccccc3s2)c1)c1ccc2c(c1)OCO2. The van der Waals surface area contributed by atoms with E-state index in [0.717, 1.165) is 20.8 Å². The second-order valence-corrected chi connectivity index (χ2v) is 8.50. The minimum absolute atomic E-state index is 0.147. The predicted octanol–water partition coefficient (Wildman–Crippen LogP) is 5.47. The maximum atomic E-state index is 12.5. The number of fused-ring (bicyclic) bond motifs is 2. The van der Waals surface area contributed by atoms with Crippen molar-refractivity contribution < 1.29 is 14.3 Å². The highest BCUT2D eigenvalue weighted by Crippen LogP contribution is 2.36. The molecule has 6 nitrogen and oxygen atoms in total. The van der Waals surface area contributed by atoms with Crippen LogP contribution >= 0.6 is 35.2 Å². The first kappa shape index (κ1) is 19.7. The molecule has 5 rings (SSSR count). The predicted molar refractivity (Wildman–Crippen MR) is 126 cm³/mol. The zero-order valence-corrected chi connectivity index (χ0v) is 18.2. The highest BCUT2D eigenvalue weighted by Gasteiger charge is 2.17. The number of benzene rings is 3. The summed E-state index contributed by atoms with van der Waals surface area (Å²) >= 11 is 13.3. The Hall–Kier alpha value is -3.20. The molecule has 0 spiro atoms. The summed E-state index contributed by atoms with van der Waals surface area (Å²) in [7, 11) is 0. The van der Waals surface area contributed by atoms with Gasteiger partial charge in [-0.25, -0.2) is 4.98 Å². The Balaban J connectivity index is 1.32. The number of nitrogens with zero attached hydrogens (tertiary/aromatic N) is 1. The van der Waals surface area contributed by atoms with Crippen LogP contribution in [0.2, 0.25) is 5.02 Å². The molecule has 0 fully saturated rings. The Morgan fingerprint density at radius 2 is 1.90 bits per heavy atom. The van der Waals surface area contributed by atoms with Crippen molar-refractivity contribution in [3.8, 4) is 22.1 Å². The Labute approximate surface area is 191 Å². The van der Waals surface area contributed by atoms with Crippen molar-refractivity contribution in [2.24, 2.45) is 0 Å². The Bertz CT molecular complexity index is 1310. The fraction of sp³-hybridized carbons (Fsp3) is 0.0455. The van der Waals surface area contributed by atoms with Crippen molar-refractivity contribution in [1.29, 1.82) is 0 Å². The van der Waals surface area contributed by atoms with E-state index in [1.54, 1.807) is 41.7 Å². The molecule has 0 atom stereocenters. The van der Waals surface area contributed by atoms with Crippen LogP contribution in [-0.4, -0.2) is 22.8 Å². The lowest BCUT2D eigenvalue weighted by Crippen LogP contribution is -2.34. The summed E-state index contributed by atoms with van der Waals surface area (Å²) in [6.07, 6.45) is 0. The van der Waals surface area contributed by atoms with Gasteiger partial charge in [0.15, 0.2) is 16.6 Å². The van der Waals surface area contributed by atoms with Gasteiger partial charge in [-0.15, -0.1) is 11.3 Å². The van der Waals surface area contributed by atoms with Gasteiger partial charge >= 0.3 is 0 Å². The van der Waals surface area contributed by atoms with Crippen LogP contribution in [0.5, 0.6) is 11.5 Å². The molecule has 1 aliphatic heterocycles. The van der Waals surface area contributed by atoms with Crippen LogP contribution in [-0.2, 0) is 0 Å². The zero-order valence-electron chi connectivity index (χ0n) is 15.8. The number of para-hydroxylation sites is 1. The maximum absolute atomic E-state index is 12.5. The third kappa shape index (κ3) is 4.05. The number of carbonyl (C=O) groups is 1. The lowest BCUT2D eigenvalue weighted by molar-refractivity contribution is 0.0977. The number of hydrogen-bond acceptors (Lipinski definition) is 6. The molecule has 9 heteroatoms. The molecule has 0 bridgehead atoms. The van der Waals surface area contributed by atoms with E-state index in [0.29, 0.717) is 27.8 Å². The average Bonchev–Trinajstić information content (AvgIpc) is 3.41. The molecule has 31 heavy (non-hydrogen) atoms. The number of anilines is 1. The second kappa shape index (κ2) is 8.14. The average molecular weight is 468 g/mol. The normalized spacial score (nSPS) is 12.0. The number of thiocarbonyl (C=S) groups is 1. The number of halogens is 1. The summed E-state index contributed by atoms with van der Waals surface area (Å²) < 4.78 is 11.7. The Morgan fingerprint density at radius 3 is 2.77 bits per heavy atom. The number of hydrogen-bond donors (Lipinski definition) is 2. The molecule has 4 aromatic rings. The van der Waals surface area contributed by atoms with Gasteiger partial charge in [-0.3, -0.25) is 10.1 Å². The van der Waals surface area contributed by atoms with Crippen molar-refractivity contribution in [3.05, 3.63) is 71.2 Å². The third-order valence-electron chi connectivity index (χ3n) is 4.61. The first-order chi connectivity index (χ1) is 15.1. The first-order valence-electron chi connectivity index (χ1n) is 9.24. The van der Waals surface area contributed by atoms with Gasteiger partial charge < -0.3 is 14.8 Å². The molecule has 0 radical (unpaired) electrons. The summed E-state index contributed by atoms with van der Waals surface area (Å²) in [5.41, 5.74) is 2.82. The van der Waals surface area contributed by atoms with Crippen molar-refractivity contribution in [3.63, 3.8) is 0 Å². The summed E-state index contributed by atoms with van der Waals surface area (Å²) in [6, 6.07) is 18.3. The minimum atomic E-state index is -0.351. The highest BCUT2D eigenvalue weighted by molar-refractivity contribution is 7.80. The molecule has 0 unspecified atom stereocenters. The van der Waals surface area contributed by atoms with Crippen LogP contribution in [0.25, 0.3) is 20.8 Å². The number of amides is 1. The van der Waals surface area contributed by atoms with Gasteiger partial charge in [-0.1, -0.05) is 23.7 Å². The number of aromatic nitrogens is 1. The van der Waals surface area contributed by atoms with E-state index in [2.05, 4.69) is 15.6 Å². The number of carbonyl (C=O) groups excluding carboxylic acids is 1. The van der Waals surface area contributed by atoms with E-state index in [1.807, 2.05) is 30.3 Å². The molecule has 0 aliphatic carbocycles. The smallest absolute Gasteiger partial charge is 0.257 e. The zero-order chi connectivity index (χ0) is 21.4. The highest BCUT2D eigenvalue weighted by atomic mass is 35.5. The van der Waals surface area contributed by atoms with Gasteiger partial charge in [-0.05, 0) is 60.7 Å². The summed E-state index contributed by atoms with van der Waals surface area (Å²) in [4.78, 5) is 17.2. The number of ether oxygens (including phenoxy) is 2. The van der Waals surface area contributed by atoms with Crippen LogP contribution in [0, 0.1) is 0 Å². The van der Waals surface area contributed by atoms with E-state index in [1.165, 1.54) is 0 Å². The van der Waals surface area contributed by atoms with Crippen molar-refractivity contribution in [2.45, 2.75) is 0 Å². The molecule has 0 saturated carbocycles. The van der Waals surface area contributed by atoms with Crippen LogP contribution in [0.3, 0.4) is 0 Å². The van der Waals surface area contributed by atoms with Gasteiger partial charge in [0.2, 0.25) is 6.79 Å². The molecule has 1 amide bonds. The van der Waals surface area contributed by atoms with E-state index < -0.39 is 0 Å². The molecule has 2 N–H and O–H groups in total. The molecular formula is C22H14ClN3O3S2. The van der Waals surface area contributed by atoms with Crippen LogP contribution in [0.15, 0.2) is 60.7 Å². The van der Waals surface area contributed by atoms with Gasteiger partial charge in [0.1, 0.15) is 5.01 Å². The molecule has 2 heterocycles. The summed E-state index contributed by atoms with van der Waals surface area (Å²) in [5, 5.41) is 7.26. The van der Waals surface area contributed by atoms with Gasteiger partial charge in [0.05, 0.1) is 15.2 Å². The monoisotopic (exact) mass is 467 g/mol.